The van der Waals surface area contributed by atoms with Gasteiger partial charge in [-0.3, -0.25) is 4.79 Å². The number of carbonyl (C=O) groups is 1. The van der Waals surface area contributed by atoms with Gasteiger partial charge in [-0.05, 0) is 43.4 Å². The molecule has 5 rings (SSSR count). The van der Waals surface area contributed by atoms with Crippen molar-refractivity contribution in [3.8, 4) is 11.5 Å². The summed E-state index contributed by atoms with van der Waals surface area (Å²) in [5, 5.41) is 14.3. The number of ether oxygens (including phenoxy) is 2. The number of hydrogen-bond donors (Lipinski definition) is 2. The first kappa shape index (κ1) is 17.5. The van der Waals surface area contributed by atoms with E-state index in [2.05, 4.69) is 32.9 Å². The van der Waals surface area contributed by atoms with Crippen molar-refractivity contribution < 1.29 is 14.3 Å². The third-order valence-electron chi connectivity index (χ3n) is 6.64. The summed E-state index contributed by atoms with van der Waals surface area (Å²) in [4.78, 5) is 12.9. The van der Waals surface area contributed by atoms with Gasteiger partial charge in [-0.25, -0.2) is 0 Å². The molecule has 1 aromatic carbocycles. The van der Waals surface area contributed by atoms with Gasteiger partial charge < -0.3 is 14.8 Å². The normalized spacial score (nSPS) is 22.5. The number of rotatable bonds is 4. The molecular weight excluding hydrogens is 356 g/mol. The Morgan fingerprint density at radius 1 is 1.14 bits per heavy atom. The lowest BCUT2D eigenvalue weighted by Crippen LogP contribution is -2.44. The maximum Gasteiger partial charge on any atom is 0.231 e. The van der Waals surface area contributed by atoms with Gasteiger partial charge in [-0.1, -0.05) is 25.3 Å². The molecule has 1 amide bonds. The second kappa shape index (κ2) is 7.11. The Labute approximate surface area is 164 Å². The van der Waals surface area contributed by atoms with Crippen LogP contribution in [0.25, 0.3) is 0 Å². The monoisotopic (exact) mass is 382 g/mol. The summed E-state index contributed by atoms with van der Waals surface area (Å²) in [6.07, 6.45) is 8.15. The van der Waals surface area contributed by atoms with E-state index in [4.69, 9.17) is 9.47 Å². The van der Waals surface area contributed by atoms with Crippen molar-refractivity contribution in [2.45, 2.75) is 56.8 Å². The highest BCUT2D eigenvalue weighted by Gasteiger charge is 2.36. The zero-order chi connectivity index (χ0) is 19.0. The number of aromatic nitrogens is 3. The van der Waals surface area contributed by atoms with E-state index >= 15 is 0 Å². The quantitative estimate of drug-likeness (QED) is 0.849. The molecule has 0 radical (unpaired) electrons. The van der Waals surface area contributed by atoms with E-state index in [9.17, 15) is 4.79 Å². The number of hydrogen-bond acceptors (Lipinski definition) is 5. The van der Waals surface area contributed by atoms with E-state index in [1.165, 1.54) is 24.8 Å². The summed E-state index contributed by atoms with van der Waals surface area (Å²) < 4.78 is 11.1. The van der Waals surface area contributed by atoms with E-state index in [-0.39, 0.29) is 24.0 Å². The largest absolute Gasteiger partial charge is 0.454 e. The lowest BCUT2D eigenvalue weighted by Gasteiger charge is -2.38. The number of amides is 1. The molecule has 2 N–H and O–H groups in total. The maximum absolute atomic E-state index is 12.9. The van der Waals surface area contributed by atoms with E-state index in [1.54, 1.807) is 0 Å². The van der Waals surface area contributed by atoms with Crippen LogP contribution in [-0.2, 0) is 23.1 Å². The average molecular weight is 382 g/mol. The molecule has 1 atom stereocenters. The minimum Gasteiger partial charge on any atom is -0.454 e. The van der Waals surface area contributed by atoms with E-state index < -0.39 is 0 Å². The van der Waals surface area contributed by atoms with Crippen molar-refractivity contribution in [3.05, 3.63) is 35.2 Å². The van der Waals surface area contributed by atoms with Crippen LogP contribution in [0.2, 0.25) is 0 Å². The summed E-state index contributed by atoms with van der Waals surface area (Å²) in [6.45, 7) is 0.960. The molecule has 2 aromatic rings. The molecule has 1 fully saturated rings. The minimum atomic E-state index is -0.0252. The minimum absolute atomic E-state index is 0.0185. The number of fused-ring (bicyclic) bond motifs is 2. The molecule has 7 nitrogen and oxygen atoms in total. The number of nitrogens with zero attached hydrogens (tertiary/aromatic N) is 2. The van der Waals surface area contributed by atoms with Crippen LogP contribution in [0.5, 0.6) is 11.5 Å². The number of benzene rings is 1. The lowest BCUT2D eigenvalue weighted by atomic mass is 9.69. The fourth-order valence-corrected chi connectivity index (χ4v) is 4.93. The summed E-state index contributed by atoms with van der Waals surface area (Å²) in [7, 11) is 0. The van der Waals surface area contributed by atoms with Crippen molar-refractivity contribution in [2.24, 2.45) is 5.92 Å². The highest BCUT2D eigenvalue weighted by molar-refractivity contribution is 5.79. The van der Waals surface area contributed by atoms with Crippen LogP contribution in [0, 0.1) is 5.92 Å². The van der Waals surface area contributed by atoms with Gasteiger partial charge in [-0.15, -0.1) is 0 Å². The predicted molar refractivity (Wildman–Crippen MR) is 102 cm³/mol. The predicted octanol–water partition coefficient (Wildman–Crippen LogP) is 2.66. The van der Waals surface area contributed by atoms with Gasteiger partial charge in [0, 0.05) is 24.3 Å². The van der Waals surface area contributed by atoms with Crippen LogP contribution >= 0.6 is 0 Å². The molecule has 2 heterocycles. The third kappa shape index (κ3) is 3.12. The second-order valence-electron chi connectivity index (χ2n) is 8.28. The first-order valence-corrected chi connectivity index (χ1v) is 10.3. The van der Waals surface area contributed by atoms with Gasteiger partial charge in [0.25, 0.3) is 0 Å². The fourth-order valence-electron chi connectivity index (χ4n) is 4.93. The molecule has 148 valence electrons. The molecule has 1 aliphatic heterocycles. The van der Waals surface area contributed by atoms with E-state index in [1.807, 2.05) is 6.07 Å². The van der Waals surface area contributed by atoms with Crippen molar-refractivity contribution in [2.75, 3.05) is 13.3 Å². The molecule has 1 unspecified atom stereocenters. The smallest absolute Gasteiger partial charge is 0.231 e. The van der Waals surface area contributed by atoms with Gasteiger partial charge >= 0.3 is 0 Å². The molecule has 0 spiro atoms. The standard InChI is InChI=1S/C21H26N4O3/c26-20(14-4-6-16-17(10-14)24-25-23-16)22-12-21(8-2-1-3-9-21)15-5-7-18-19(11-15)28-13-27-18/h5,7,11,14H,1-4,6,8-10,12-13H2,(H,22,26)(H,23,24,25). The SMILES string of the molecule is O=C(NCC1(c2ccc3c(c2)OCO3)CCCCC1)C1CCc2n[nH]nc2C1. The van der Waals surface area contributed by atoms with Gasteiger partial charge in [0.2, 0.25) is 12.7 Å². The van der Waals surface area contributed by atoms with Crippen LogP contribution in [0.3, 0.4) is 0 Å². The molecule has 0 saturated heterocycles. The summed E-state index contributed by atoms with van der Waals surface area (Å²) in [6, 6.07) is 6.26. The third-order valence-corrected chi connectivity index (χ3v) is 6.64. The maximum atomic E-state index is 12.9. The number of aryl methyl sites for hydroxylation is 1. The van der Waals surface area contributed by atoms with Gasteiger partial charge in [-0.2, -0.15) is 15.4 Å². The topological polar surface area (TPSA) is 89.1 Å². The van der Waals surface area contributed by atoms with Crippen LogP contribution in [-0.4, -0.2) is 34.7 Å². The molecule has 1 saturated carbocycles. The zero-order valence-electron chi connectivity index (χ0n) is 16.0. The molecular formula is C21H26N4O3. The number of nitrogens with one attached hydrogen (secondary N) is 2. The Kier molecular flexibility index (Phi) is 4.45. The summed E-state index contributed by atoms with van der Waals surface area (Å²) >= 11 is 0. The molecule has 7 heteroatoms. The highest BCUT2D eigenvalue weighted by Crippen LogP contribution is 2.43. The Balaban J connectivity index is 1.31. The zero-order valence-corrected chi connectivity index (χ0v) is 16.0. The van der Waals surface area contributed by atoms with Gasteiger partial charge in [0.05, 0.1) is 11.4 Å². The van der Waals surface area contributed by atoms with Crippen LogP contribution in [0.1, 0.15) is 55.5 Å². The fraction of sp³-hybridized carbons (Fsp3) is 0.571. The average Bonchev–Trinajstić information content (AvgIpc) is 3.40. The number of H-pyrrole nitrogens is 1. The Bertz CT molecular complexity index is 872. The van der Waals surface area contributed by atoms with Crippen LogP contribution < -0.4 is 14.8 Å². The lowest BCUT2D eigenvalue weighted by molar-refractivity contribution is -0.125. The number of carbonyl (C=O) groups excluding carboxylic acids is 1. The van der Waals surface area contributed by atoms with E-state index in [0.29, 0.717) is 13.0 Å². The van der Waals surface area contributed by atoms with Crippen molar-refractivity contribution in [3.63, 3.8) is 0 Å². The molecule has 3 aliphatic rings. The highest BCUT2D eigenvalue weighted by atomic mass is 16.7. The molecule has 28 heavy (non-hydrogen) atoms. The summed E-state index contributed by atoms with van der Waals surface area (Å²) in [5.74, 6) is 1.75. The Morgan fingerprint density at radius 2 is 1.96 bits per heavy atom. The first-order valence-electron chi connectivity index (χ1n) is 10.3. The molecule has 0 bridgehead atoms. The van der Waals surface area contributed by atoms with Crippen molar-refractivity contribution >= 4 is 5.91 Å². The second-order valence-corrected chi connectivity index (χ2v) is 8.28. The molecule has 1 aromatic heterocycles. The Morgan fingerprint density at radius 3 is 2.86 bits per heavy atom. The Hall–Kier alpha value is -2.57. The van der Waals surface area contributed by atoms with Crippen molar-refractivity contribution in [1.82, 2.24) is 20.7 Å². The van der Waals surface area contributed by atoms with Crippen LogP contribution in [0.15, 0.2) is 18.2 Å². The first-order chi connectivity index (χ1) is 13.7. The van der Waals surface area contributed by atoms with Gasteiger partial charge in [0.15, 0.2) is 11.5 Å². The van der Waals surface area contributed by atoms with Crippen LogP contribution in [0.4, 0.5) is 0 Å². The van der Waals surface area contributed by atoms with E-state index in [0.717, 1.165) is 48.6 Å². The van der Waals surface area contributed by atoms with Gasteiger partial charge in [0.1, 0.15) is 0 Å². The number of aromatic amines is 1. The molecule has 2 aliphatic carbocycles. The van der Waals surface area contributed by atoms with Crippen molar-refractivity contribution in [1.29, 1.82) is 0 Å². The summed E-state index contributed by atoms with van der Waals surface area (Å²) in [5.41, 5.74) is 3.17.